The monoisotopic (exact) mass is 678 g/mol. The van der Waals surface area contributed by atoms with E-state index < -0.39 is 11.6 Å². The normalized spacial score (nSPS) is 17.3. The number of hydrogen-bond donors (Lipinski definition) is 2. The molecule has 234 valence electrons. The van der Waals surface area contributed by atoms with Crippen LogP contribution < -0.4 is 14.8 Å². The van der Waals surface area contributed by atoms with Crippen LogP contribution in [0.25, 0.3) is 10.8 Å². The number of aliphatic hydroxyl groups is 1. The van der Waals surface area contributed by atoms with E-state index in [0.717, 1.165) is 37.5 Å². The molecule has 0 saturated heterocycles. The standard InChI is InChI=1S/C38H35BrN2O5/c1-44-33-11-5-9-29(23-33)35-38(24-26-13-17-31(39)18-14-26,37(43)40-25-30-10-4-8-27-7-2-3-12-34(27)30)41-36(46-35)28-15-19-32(20-16-28)45-22-6-21-42/h2-5,7-20,23,35,42H,6,21-22,24-25H2,1H3,(H,40,43)/t35-,38-/m1/s1. The number of aliphatic hydroxyl groups excluding tert-OH is 1. The number of methoxy groups -OCH3 is 1. The van der Waals surface area contributed by atoms with Crippen molar-refractivity contribution in [2.75, 3.05) is 20.3 Å². The van der Waals surface area contributed by atoms with E-state index in [9.17, 15) is 4.79 Å². The van der Waals surface area contributed by atoms with Crippen LogP contribution in [-0.2, 0) is 22.5 Å². The van der Waals surface area contributed by atoms with Crippen LogP contribution in [0.4, 0.5) is 0 Å². The van der Waals surface area contributed by atoms with E-state index >= 15 is 0 Å². The summed E-state index contributed by atoms with van der Waals surface area (Å²) in [5.74, 6) is 1.46. The third-order valence-corrected chi connectivity index (χ3v) is 8.66. The van der Waals surface area contributed by atoms with Crippen molar-refractivity contribution in [3.8, 4) is 11.5 Å². The Balaban J connectivity index is 1.41. The van der Waals surface area contributed by atoms with Crippen molar-refractivity contribution >= 4 is 38.5 Å². The molecule has 0 fully saturated rings. The molecular weight excluding hydrogens is 644 g/mol. The number of aliphatic imine (C=N–C) groups is 1. The molecule has 5 aromatic rings. The van der Waals surface area contributed by atoms with Gasteiger partial charge in [-0.3, -0.25) is 4.79 Å². The highest BCUT2D eigenvalue weighted by Gasteiger charge is 2.53. The Morgan fingerprint density at radius 2 is 1.70 bits per heavy atom. The summed E-state index contributed by atoms with van der Waals surface area (Å²) in [6.45, 7) is 0.813. The number of amides is 1. The van der Waals surface area contributed by atoms with E-state index in [1.54, 1.807) is 7.11 Å². The molecule has 0 bridgehead atoms. The molecule has 0 unspecified atom stereocenters. The maximum absolute atomic E-state index is 14.7. The van der Waals surface area contributed by atoms with Crippen LogP contribution in [0.5, 0.6) is 11.5 Å². The van der Waals surface area contributed by atoms with Crippen LogP contribution in [0.2, 0.25) is 0 Å². The van der Waals surface area contributed by atoms with Gasteiger partial charge in [0.25, 0.3) is 5.91 Å². The lowest BCUT2D eigenvalue weighted by Gasteiger charge is -2.31. The summed E-state index contributed by atoms with van der Waals surface area (Å²) in [5.41, 5.74) is 2.12. The van der Waals surface area contributed by atoms with Gasteiger partial charge in [0.05, 0.1) is 13.7 Å². The van der Waals surface area contributed by atoms with Crippen LogP contribution in [0, 0.1) is 0 Å². The smallest absolute Gasteiger partial charge is 0.252 e. The number of rotatable bonds is 12. The summed E-state index contributed by atoms with van der Waals surface area (Å²) >= 11 is 3.53. The fourth-order valence-electron chi connectivity index (χ4n) is 5.78. The highest BCUT2D eigenvalue weighted by molar-refractivity contribution is 9.10. The molecule has 1 amide bonds. The molecule has 2 atom stereocenters. The minimum atomic E-state index is -1.34. The molecule has 2 N–H and O–H groups in total. The Labute approximate surface area is 277 Å². The van der Waals surface area contributed by atoms with Crippen molar-refractivity contribution in [1.82, 2.24) is 5.32 Å². The van der Waals surface area contributed by atoms with E-state index in [1.807, 2.05) is 97.1 Å². The molecule has 7 nitrogen and oxygen atoms in total. The lowest BCUT2D eigenvalue weighted by atomic mass is 9.82. The second-order valence-electron chi connectivity index (χ2n) is 11.2. The molecule has 0 saturated carbocycles. The largest absolute Gasteiger partial charge is 0.497 e. The number of nitrogens with zero attached hydrogens (tertiary/aromatic N) is 1. The first-order chi connectivity index (χ1) is 22.5. The van der Waals surface area contributed by atoms with Gasteiger partial charge < -0.3 is 24.6 Å². The van der Waals surface area contributed by atoms with Crippen molar-refractivity contribution in [2.45, 2.75) is 31.0 Å². The van der Waals surface area contributed by atoms with Gasteiger partial charge >= 0.3 is 0 Å². The van der Waals surface area contributed by atoms with Gasteiger partial charge in [-0.15, -0.1) is 0 Å². The van der Waals surface area contributed by atoms with Crippen LogP contribution in [0.1, 0.15) is 34.8 Å². The van der Waals surface area contributed by atoms with Gasteiger partial charge in [-0.2, -0.15) is 0 Å². The summed E-state index contributed by atoms with van der Waals surface area (Å²) in [7, 11) is 1.62. The summed E-state index contributed by atoms with van der Waals surface area (Å²) in [4.78, 5) is 19.8. The molecule has 46 heavy (non-hydrogen) atoms. The average molecular weight is 680 g/mol. The number of halogens is 1. The van der Waals surface area contributed by atoms with E-state index in [4.69, 9.17) is 24.3 Å². The van der Waals surface area contributed by atoms with Crippen molar-refractivity contribution < 1.29 is 24.1 Å². The molecule has 1 aliphatic rings. The fourth-order valence-corrected chi connectivity index (χ4v) is 6.04. The van der Waals surface area contributed by atoms with Crippen molar-refractivity contribution in [3.05, 3.63) is 142 Å². The Kier molecular flexibility index (Phi) is 9.66. The van der Waals surface area contributed by atoms with Crippen molar-refractivity contribution in [1.29, 1.82) is 0 Å². The second kappa shape index (κ2) is 14.2. The third kappa shape index (κ3) is 6.78. The van der Waals surface area contributed by atoms with E-state index in [-0.39, 0.29) is 12.5 Å². The highest BCUT2D eigenvalue weighted by Crippen LogP contribution is 2.43. The molecule has 0 aromatic heterocycles. The Morgan fingerprint density at radius 3 is 2.48 bits per heavy atom. The maximum atomic E-state index is 14.7. The summed E-state index contributed by atoms with van der Waals surface area (Å²) in [6.07, 6.45) is 0.107. The van der Waals surface area contributed by atoms with Gasteiger partial charge in [-0.25, -0.2) is 4.99 Å². The first-order valence-corrected chi connectivity index (χ1v) is 16.0. The van der Waals surface area contributed by atoms with Crippen molar-refractivity contribution in [3.63, 3.8) is 0 Å². The molecule has 1 heterocycles. The molecular formula is C38H35BrN2O5. The van der Waals surface area contributed by atoms with Gasteiger partial charge in [0.2, 0.25) is 5.90 Å². The minimum absolute atomic E-state index is 0.0669. The van der Waals surface area contributed by atoms with E-state index in [2.05, 4.69) is 39.4 Å². The number of carbonyl (C=O) groups is 1. The lowest BCUT2D eigenvalue weighted by molar-refractivity contribution is -0.129. The number of fused-ring (bicyclic) bond motifs is 1. The third-order valence-electron chi connectivity index (χ3n) is 8.13. The SMILES string of the molecule is COc1cccc([C@H]2OC(c3ccc(OCCCO)cc3)=N[C@@]2(Cc2ccc(Br)cc2)C(=O)NCc2cccc3ccccc23)c1. The number of nitrogens with one attached hydrogen (secondary N) is 1. The van der Waals surface area contributed by atoms with Gasteiger partial charge in [0.1, 0.15) is 11.5 Å². The summed E-state index contributed by atoms with van der Waals surface area (Å²) in [6, 6.07) is 37.2. The lowest BCUT2D eigenvalue weighted by Crippen LogP contribution is -2.49. The van der Waals surface area contributed by atoms with Gasteiger partial charge in [-0.05, 0) is 76.0 Å². The Bertz CT molecular complexity index is 1840. The van der Waals surface area contributed by atoms with Crippen LogP contribution in [-0.4, -0.2) is 42.8 Å². The quantitative estimate of drug-likeness (QED) is 0.136. The van der Waals surface area contributed by atoms with Gasteiger partial charge in [0.15, 0.2) is 11.6 Å². The molecule has 5 aromatic carbocycles. The molecule has 6 rings (SSSR count). The molecule has 0 radical (unpaired) electrons. The maximum Gasteiger partial charge on any atom is 0.252 e. The highest BCUT2D eigenvalue weighted by atomic mass is 79.9. The predicted octanol–water partition coefficient (Wildman–Crippen LogP) is 7.19. The Morgan fingerprint density at radius 1 is 0.935 bits per heavy atom. The van der Waals surface area contributed by atoms with Crippen LogP contribution >= 0.6 is 15.9 Å². The molecule has 8 heteroatoms. The average Bonchev–Trinajstić information content (AvgIpc) is 3.49. The first-order valence-electron chi connectivity index (χ1n) is 15.2. The predicted molar refractivity (Wildman–Crippen MR) is 183 cm³/mol. The van der Waals surface area contributed by atoms with Gasteiger partial charge in [-0.1, -0.05) is 82.7 Å². The number of carbonyl (C=O) groups excluding carboxylic acids is 1. The number of ether oxygens (including phenoxy) is 3. The van der Waals surface area contributed by atoms with Crippen molar-refractivity contribution in [2.24, 2.45) is 4.99 Å². The minimum Gasteiger partial charge on any atom is -0.497 e. The summed E-state index contributed by atoms with van der Waals surface area (Å²) in [5, 5.41) is 14.5. The van der Waals surface area contributed by atoms with Crippen LogP contribution in [0.3, 0.4) is 0 Å². The topological polar surface area (TPSA) is 89.4 Å². The molecule has 0 aliphatic carbocycles. The van der Waals surface area contributed by atoms with Gasteiger partial charge in [0, 0.05) is 36.0 Å². The van der Waals surface area contributed by atoms with E-state index in [1.165, 1.54) is 0 Å². The Hall–Kier alpha value is -4.66. The van der Waals surface area contributed by atoms with Crippen LogP contribution in [0.15, 0.2) is 125 Å². The molecule has 1 aliphatic heterocycles. The second-order valence-corrected chi connectivity index (χ2v) is 12.1. The summed E-state index contributed by atoms with van der Waals surface area (Å²) < 4.78 is 18.9. The number of benzene rings is 5. The zero-order valence-corrected chi connectivity index (χ0v) is 27.1. The number of hydrogen-bond acceptors (Lipinski definition) is 6. The zero-order valence-electron chi connectivity index (χ0n) is 25.5. The molecule has 0 spiro atoms. The fraction of sp³-hybridized carbons (Fsp3) is 0.211. The van der Waals surface area contributed by atoms with E-state index in [0.29, 0.717) is 43.4 Å². The zero-order chi connectivity index (χ0) is 31.9. The first kappa shape index (κ1) is 31.3.